The maximum absolute atomic E-state index is 13.1. The Morgan fingerprint density at radius 3 is 2.60 bits per heavy atom. The van der Waals surface area contributed by atoms with Crippen molar-refractivity contribution in [3.63, 3.8) is 0 Å². The van der Waals surface area contributed by atoms with Crippen LogP contribution in [-0.4, -0.2) is 36.1 Å². The predicted molar refractivity (Wildman–Crippen MR) is 86.4 cm³/mol. The predicted octanol–water partition coefficient (Wildman–Crippen LogP) is 1.62. The topological polar surface area (TPSA) is 67.2 Å². The normalized spacial score (nSPS) is 17.8. The van der Waals surface area contributed by atoms with E-state index in [1.165, 1.54) is 10.6 Å². The molecule has 0 bridgehead atoms. The molecule has 1 N–H and O–H groups in total. The van der Waals surface area contributed by atoms with E-state index in [4.69, 9.17) is 0 Å². The summed E-state index contributed by atoms with van der Waals surface area (Å²) in [7, 11) is 3.34. The van der Waals surface area contributed by atoms with Crippen molar-refractivity contribution in [2.75, 3.05) is 25.5 Å². The van der Waals surface area contributed by atoms with Gasteiger partial charge in [0, 0.05) is 44.9 Å². The van der Waals surface area contributed by atoms with Gasteiger partial charge in [-0.25, -0.2) is 4.79 Å². The molecular weight excluding hydrogens is 337 g/mol. The number of alkyl halides is 3. The highest BCUT2D eigenvalue weighted by Crippen LogP contribution is 2.33. The molecule has 134 valence electrons. The molecule has 0 spiro atoms. The zero-order valence-electron chi connectivity index (χ0n) is 13.7. The molecule has 1 atom stereocenters. The highest BCUT2D eigenvalue weighted by molar-refractivity contribution is 5.90. The van der Waals surface area contributed by atoms with E-state index in [-0.39, 0.29) is 30.3 Å². The first-order valence-electron chi connectivity index (χ1n) is 7.72. The fourth-order valence-corrected chi connectivity index (χ4v) is 3.00. The minimum absolute atomic E-state index is 0.129. The van der Waals surface area contributed by atoms with Crippen molar-refractivity contribution in [3.8, 4) is 0 Å². The number of halogens is 3. The van der Waals surface area contributed by atoms with Gasteiger partial charge in [-0.15, -0.1) is 0 Å². The average molecular weight is 354 g/mol. The molecule has 25 heavy (non-hydrogen) atoms. The fraction of sp³-hybridized carbons (Fsp3) is 0.438. The number of nitrogens with zero attached hydrogens (tertiary/aromatic N) is 3. The van der Waals surface area contributed by atoms with Crippen molar-refractivity contribution in [2.24, 2.45) is 5.92 Å². The molecule has 3 rings (SSSR count). The van der Waals surface area contributed by atoms with Crippen LogP contribution in [0, 0.1) is 5.92 Å². The summed E-state index contributed by atoms with van der Waals surface area (Å²) < 4.78 is 40.5. The Morgan fingerprint density at radius 1 is 1.32 bits per heavy atom. The van der Waals surface area contributed by atoms with E-state index in [1.54, 1.807) is 19.0 Å². The van der Waals surface area contributed by atoms with Crippen LogP contribution in [0.1, 0.15) is 12.0 Å². The van der Waals surface area contributed by atoms with Crippen LogP contribution in [0.3, 0.4) is 0 Å². The summed E-state index contributed by atoms with van der Waals surface area (Å²) in [5.41, 5.74) is -1.29. The van der Waals surface area contributed by atoms with Crippen LogP contribution in [0.25, 0.3) is 10.9 Å². The van der Waals surface area contributed by atoms with Crippen LogP contribution in [0.15, 0.2) is 23.0 Å². The first-order valence-corrected chi connectivity index (χ1v) is 7.72. The van der Waals surface area contributed by atoms with Crippen LogP contribution in [0.4, 0.5) is 19.0 Å². The molecule has 0 radical (unpaired) electrons. The standard InChI is InChI=1S/C16H17F3N4O2/c1-22(2)14-11-4-3-10(16(17,18)19)6-12(11)23(15(25)21-14)8-9-5-13(24)20-7-9/h3-4,6,9H,5,7-8H2,1-2H3,(H,20,24). The summed E-state index contributed by atoms with van der Waals surface area (Å²) in [6.07, 6.45) is -4.27. The molecule has 2 heterocycles. The van der Waals surface area contributed by atoms with E-state index in [1.807, 2.05) is 0 Å². The number of anilines is 1. The first kappa shape index (κ1) is 17.2. The van der Waals surface area contributed by atoms with E-state index in [9.17, 15) is 22.8 Å². The van der Waals surface area contributed by atoms with Crippen LogP contribution < -0.4 is 15.9 Å². The molecule has 1 saturated heterocycles. The molecule has 1 aromatic carbocycles. The molecule has 1 unspecified atom stereocenters. The number of hydrogen-bond acceptors (Lipinski definition) is 4. The molecule has 1 amide bonds. The highest BCUT2D eigenvalue weighted by atomic mass is 19.4. The number of rotatable bonds is 3. The minimum Gasteiger partial charge on any atom is -0.362 e. The molecule has 1 fully saturated rings. The average Bonchev–Trinajstić information content (AvgIpc) is 2.93. The van der Waals surface area contributed by atoms with E-state index in [2.05, 4.69) is 10.3 Å². The lowest BCUT2D eigenvalue weighted by Crippen LogP contribution is -2.30. The van der Waals surface area contributed by atoms with Gasteiger partial charge in [0.2, 0.25) is 5.91 Å². The Kier molecular flexibility index (Phi) is 4.18. The largest absolute Gasteiger partial charge is 0.416 e. The highest BCUT2D eigenvalue weighted by Gasteiger charge is 2.31. The number of amides is 1. The second kappa shape index (κ2) is 6.05. The molecule has 9 heteroatoms. The molecule has 0 saturated carbocycles. The number of nitrogens with one attached hydrogen (secondary N) is 1. The first-order chi connectivity index (χ1) is 11.7. The van der Waals surface area contributed by atoms with Gasteiger partial charge < -0.3 is 10.2 Å². The van der Waals surface area contributed by atoms with Crippen LogP contribution >= 0.6 is 0 Å². The lowest BCUT2D eigenvalue weighted by atomic mass is 10.1. The van der Waals surface area contributed by atoms with Crippen molar-refractivity contribution in [1.29, 1.82) is 0 Å². The summed E-state index contributed by atoms with van der Waals surface area (Å²) in [4.78, 5) is 29.4. The molecule has 2 aromatic rings. The molecular formula is C16H17F3N4O2. The van der Waals surface area contributed by atoms with E-state index < -0.39 is 17.4 Å². The third-order valence-corrected chi connectivity index (χ3v) is 4.22. The molecule has 1 aliphatic heterocycles. The Labute approximate surface area is 141 Å². The van der Waals surface area contributed by atoms with Gasteiger partial charge in [-0.2, -0.15) is 18.2 Å². The van der Waals surface area contributed by atoms with Gasteiger partial charge in [-0.1, -0.05) is 0 Å². The molecule has 1 aromatic heterocycles. The molecule has 0 aliphatic carbocycles. The lowest BCUT2D eigenvalue weighted by molar-refractivity contribution is -0.137. The summed E-state index contributed by atoms with van der Waals surface area (Å²) in [6, 6.07) is 3.27. The van der Waals surface area contributed by atoms with Gasteiger partial charge in [-0.3, -0.25) is 9.36 Å². The summed E-state index contributed by atoms with van der Waals surface area (Å²) in [5, 5.41) is 3.11. The maximum Gasteiger partial charge on any atom is 0.416 e. The smallest absolute Gasteiger partial charge is 0.362 e. The summed E-state index contributed by atoms with van der Waals surface area (Å²) in [5.74, 6) is 0.0248. The Hall–Kier alpha value is -2.58. The maximum atomic E-state index is 13.1. The van der Waals surface area contributed by atoms with Gasteiger partial charge in [0.25, 0.3) is 0 Å². The van der Waals surface area contributed by atoms with Crippen molar-refractivity contribution in [2.45, 2.75) is 19.1 Å². The third-order valence-electron chi connectivity index (χ3n) is 4.22. The monoisotopic (exact) mass is 354 g/mol. The number of hydrogen-bond donors (Lipinski definition) is 1. The summed E-state index contributed by atoms with van der Waals surface area (Å²) >= 11 is 0. The van der Waals surface area contributed by atoms with Crippen molar-refractivity contribution in [3.05, 3.63) is 34.2 Å². The van der Waals surface area contributed by atoms with Gasteiger partial charge in [0.15, 0.2) is 0 Å². The van der Waals surface area contributed by atoms with E-state index in [0.717, 1.165) is 12.1 Å². The third kappa shape index (κ3) is 3.31. The van der Waals surface area contributed by atoms with Gasteiger partial charge >= 0.3 is 11.9 Å². The number of carbonyl (C=O) groups is 1. The lowest BCUT2D eigenvalue weighted by Gasteiger charge is -2.19. The van der Waals surface area contributed by atoms with Crippen molar-refractivity contribution >= 4 is 22.6 Å². The minimum atomic E-state index is -4.51. The number of fused-ring (bicyclic) bond motifs is 1. The molecule has 1 aliphatic rings. The van der Waals surface area contributed by atoms with Gasteiger partial charge in [0.1, 0.15) is 5.82 Å². The van der Waals surface area contributed by atoms with E-state index >= 15 is 0 Å². The van der Waals surface area contributed by atoms with Crippen LogP contribution in [-0.2, 0) is 17.5 Å². The van der Waals surface area contributed by atoms with Crippen LogP contribution in [0.2, 0.25) is 0 Å². The quantitative estimate of drug-likeness (QED) is 0.910. The second-order valence-corrected chi connectivity index (χ2v) is 6.33. The fourth-order valence-electron chi connectivity index (χ4n) is 3.00. The number of aromatic nitrogens is 2. The summed E-state index contributed by atoms with van der Waals surface area (Å²) in [6.45, 7) is 0.525. The van der Waals surface area contributed by atoms with Gasteiger partial charge in [0.05, 0.1) is 11.1 Å². The van der Waals surface area contributed by atoms with Crippen molar-refractivity contribution in [1.82, 2.24) is 14.9 Å². The molecule has 6 nitrogen and oxygen atoms in total. The number of carbonyl (C=O) groups excluding carboxylic acids is 1. The van der Waals surface area contributed by atoms with E-state index in [0.29, 0.717) is 17.7 Å². The Morgan fingerprint density at radius 2 is 2.04 bits per heavy atom. The van der Waals surface area contributed by atoms with Crippen molar-refractivity contribution < 1.29 is 18.0 Å². The SMILES string of the molecule is CN(C)c1nc(=O)n(CC2CNC(=O)C2)c2cc(C(F)(F)F)ccc12. The zero-order chi connectivity index (χ0) is 18.4. The Balaban J connectivity index is 2.19. The van der Waals surface area contributed by atoms with Gasteiger partial charge in [-0.05, 0) is 18.2 Å². The Bertz CT molecular complexity index is 889. The number of benzene rings is 1. The zero-order valence-corrected chi connectivity index (χ0v) is 13.7. The van der Waals surface area contributed by atoms with Crippen LogP contribution in [0.5, 0.6) is 0 Å². The second-order valence-electron chi connectivity index (χ2n) is 6.33.